The maximum atomic E-state index is 12.1. The Balaban J connectivity index is 0.00000220. The molecule has 3 N–H and O–H groups in total. The maximum Gasteiger partial charge on any atom is 0.287 e. The maximum absolute atomic E-state index is 12.1. The van der Waals surface area contributed by atoms with Crippen LogP contribution in [0.3, 0.4) is 0 Å². The smallest absolute Gasteiger partial charge is 0.287 e. The molecule has 3 atom stereocenters. The lowest BCUT2D eigenvalue weighted by Gasteiger charge is -2.31. The van der Waals surface area contributed by atoms with Crippen LogP contribution in [0, 0.1) is 5.92 Å². The van der Waals surface area contributed by atoms with E-state index >= 15 is 0 Å². The van der Waals surface area contributed by atoms with Crippen LogP contribution < -0.4 is 16.0 Å². The number of furan rings is 1. The van der Waals surface area contributed by atoms with Gasteiger partial charge >= 0.3 is 0 Å². The molecule has 6 nitrogen and oxygen atoms in total. The van der Waals surface area contributed by atoms with Gasteiger partial charge in [0.25, 0.3) is 5.91 Å². The van der Waals surface area contributed by atoms with Crippen molar-refractivity contribution in [3.63, 3.8) is 0 Å². The summed E-state index contributed by atoms with van der Waals surface area (Å²) < 4.78 is 4.99. The molecule has 1 fully saturated rings. The van der Waals surface area contributed by atoms with Crippen LogP contribution >= 0.6 is 12.4 Å². The molecule has 0 aromatic carbocycles. The van der Waals surface area contributed by atoms with E-state index in [1.165, 1.54) is 6.26 Å². The molecular weight excluding hydrogens is 294 g/mol. The number of hydrogen-bond donors (Lipinski definition) is 3. The molecule has 0 aliphatic carbocycles. The average molecular weight is 316 g/mol. The molecule has 2 amide bonds. The van der Waals surface area contributed by atoms with Gasteiger partial charge in [0.15, 0.2) is 5.76 Å². The second-order valence-corrected chi connectivity index (χ2v) is 5.26. The van der Waals surface area contributed by atoms with Crippen molar-refractivity contribution in [2.45, 2.75) is 32.4 Å². The van der Waals surface area contributed by atoms with Crippen LogP contribution in [-0.4, -0.2) is 37.0 Å². The largest absolute Gasteiger partial charge is 0.459 e. The van der Waals surface area contributed by atoms with E-state index in [9.17, 15) is 9.59 Å². The van der Waals surface area contributed by atoms with Crippen molar-refractivity contribution in [1.29, 1.82) is 0 Å². The first-order valence-corrected chi connectivity index (χ1v) is 6.93. The number of amides is 2. The third-order valence-corrected chi connectivity index (χ3v) is 3.64. The van der Waals surface area contributed by atoms with Crippen LogP contribution in [-0.2, 0) is 4.79 Å². The van der Waals surface area contributed by atoms with Crippen LogP contribution in [0.2, 0.25) is 0 Å². The molecular formula is C14H22ClN3O3. The SMILES string of the molecule is CC(NC(=O)c1ccco1)C(=O)NC1CNCCC1C.Cl. The Hall–Kier alpha value is -1.53. The summed E-state index contributed by atoms with van der Waals surface area (Å²) in [6, 6.07) is 2.71. The minimum absolute atomic E-state index is 0. The Bertz CT molecular complexity index is 464. The lowest BCUT2D eigenvalue weighted by atomic mass is 9.94. The number of hydrogen-bond acceptors (Lipinski definition) is 4. The van der Waals surface area contributed by atoms with E-state index in [1.807, 2.05) is 0 Å². The molecule has 1 saturated heterocycles. The van der Waals surface area contributed by atoms with Crippen LogP contribution in [0.4, 0.5) is 0 Å². The summed E-state index contributed by atoms with van der Waals surface area (Å²) in [5, 5.41) is 8.85. The molecule has 1 aromatic heterocycles. The van der Waals surface area contributed by atoms with Crippen LogP contribution in [0.5, 0.6) is 0 Å². The van der Waals surface area contributed by atoms with Crippen LogP contribution in [0.1, 0.15) is 30.8 Å². The van der Waals surface area contributed by atoms with Gasteiger partial charge < -0.3 is 20.4 Å². The minimum Gasteiger partial charge on any atom is -0.459 e. The van der Waals surface area contributed by atoms with Crippen molar-refractivity contribution < 1.29 is 14.0 Å². The molecule has 0 saturated carbocycles. The zero-order chi connectivity index (χ0) is 14.5. The van der Waals surface area contributed by atoms with E-state index < -0.39 is 6.04 Å². The van der Waals surface area contributed by atoms with Gasteiger partial charge in [-0.05, 0) is 37.9 Å². The first-order chi connectivity index (χ1) is 9.58. The fourth-order valence-corrected chi connectivity index (χ4v) is 2.23. The Kier molecular flexibility index (Phi) is 6.71. The van der Waals surface area contributed by atoms with E-state index in [2.05, 4.69) is 22.9 Å². The molecule has 7 heteroatoms. The summed E-state index contributed by atoms with van der Waals surface area (Å²) in [4.78, 5) is 23.9. The molecule has 1 aromatic rings. The molecule has 0 spiro atoms. The van der Waals surface area contributed by atoms with E-state index in [0.717, 1.165) is 19.5 Å². The number of rotatable bonds is 4. The quantitative estimate of drug-likeness (QED) is 0.772. The van der Waals surface area contributed by atoms with E-state index in [1.54, 1.807) is 19.1 Å². The van der Waals surface area contributed by atoms with Gasteiger partial charge in [-0.3, -0.25) is 9.59 Å². The van der Waals surface area contributed by atoms with Gasteiger partial charge in [0.1, 0.15) is 6.04 Å². The first kappa shape index (κ1) is 17.5. The van der Waals surface area contributed by atoms with E-state index in [0.29, 0.717) is 5.92 Å². The normalized spacial score (nSPS) is 22.8. The van der Waals surface area contributed by atoms with Crippen molar-refractivity contribution in [3.05, 3.63) is 24.2 Å². The van der Waals surface area contributed by atoms with E-state index in [4.69, 9.17) is 4.42 Å². The third-order valence-electron chi connectivity index (χ3n) is 3.64. The van der Waals surface area contributed by atoms with E-state index in [-0.39, 0.29) is 36.0 Å². The molecule has 2 heterocycles. The number of nitrogens with one attached hydrogen (secondary N) is 3. The molecule has 118 valence electrons. The fraction of sp³-hybridized carbons (Fsp3) is 0.571. The van der Waals surface area contributed by atoms with Gasteiger partial charge in [-0.15, -0.1) is 12.4 Å². The van der Waals surface area contributed by atoms with Crippen LogP contribution in [0.25, 0.3) is 0 Å². The summed E-state index contributed by atoms with van der Waals surface area (Å²) in [7, 11) is 0. The average Bonchev–Trinajstić information content (AvgIpc) is 2.95. The third kappa shape index (κ3) is 4.75. The molecule has 2 rings (SSSR count). The van der Waals surface area contributed by atoms with Crippen molar-refractivity contribution in [1.82, 2.24) is 16.0 Å². The standard InChI is InChI=1S/C14H21N3O3.ClH/c1-9-5-6-15-8-11(9)17-13(18)10(2)16-14(19)12-4-3-7-20-12;/h3-4,7,9-11,15H,5-6,8H2,1-2H3,(H,16,19)(H,17,18);1H. The predicted molar refractivity (Wildman–Crippen MR) is 81.5 cm³/mol. The fourth-order valence-electron chi connectivity index (χ4n) is 2.23. The Morgan fingerprint density at radius 2 is 2.24 bits per heavy atom. The molecule has 21 heavy (non-hydrogen) atoms. The van der Waals surface area contributed by atoms with Crippen molar-refractivity contribution in [2.24, 2.45) is 5.92 Å². The van der Waals surface area contributed by atoms with Gasteiger partial charge in [-0.25, -0.2) is 0 Å². The van der Waals surface area contributed by atoms with Gasteiger partial charge in [-0.1, -0.05) is 6.92 Å². The zero-order valence-corrected chi connectivity index (χ0v) is 13.0. The number of halogens is 1. The predicted octanol–water partition coefficient (Wildman–Crippen LogP) is 0.934. The Labute approximate surface area is 130 Å². The molecule has 1 aliphatic heterocycles. The highest BCUT2D eigenvalue weighted by molar-refractivity contribution is 5.95. The molecule has 0 radical (unpaired) electrons. The first-order valence-electron chi connectivity index (χ1n) is 6.93. The highest BCUT2D eigenvalue weighted by atomic mass is 35.5. The zero-order valence-electron chi connectivity index (χ0n) is 12.2. The Morgan fingerprint density at radius 3 is 2.86 bits per heavy atom. The van der Waals surface area contributed by atoms with Gasteiger partial charge in [0.2, 0.25) is 5.91 Å². The van der Waals surface area contributed by atoms with Crippen molar-refractivity contribution in [2.75, 3.05) is 13.1 Å². The summed E-state index contributed by atoms with van der Waals surface area (Å²) >= 11 is 0. The summed E-state index contributed by atoms with van der Waals surface area (Å²) in [6.07, 6.45) is 2.47. The van der Waals surface area contributed by atoms with Gasteiger partial charge in [0, 0.05) is 12.6 Å². The van der Waals surface area contributed by atoms with Crippen LogP contribution in [0.15, 0.2) is 22.8 Å². The second kappa shape index (κ2) is 8.05. The summed E-state index contributed by atoms with van der Waals surface area (Å²) in [5.41, 5.74) is 0. The molecule has 1 aliphatic rings. The summed E-state index contributed by atoms with van der Waals surface area (Å²) in [6.45, 7) is 5.54. The number of carbonyl (C=O) groups excluding carboxylic acids is 2. The Morgan fingerprint density at radius 1 is 1.48 bits per heavy atom. The van der Waals surface area contributed by atoms with Gasteiger partial charge in [-0.2, -0.15) is 0 Å². The monoisotopic (exact) mass is 315 g/mol. The molecule has 0 bridgehead atoms. The summed E-state index contributed by atoms with van der Waals surface area (Å²) in [5.74, 6) is 0.0865. The number of carbonyl (C=O) groups is 2. The highest BCUT2D eigenvalue weighted by Crippen LogP contribution is 2.11. The van der Waals surface area contributed by atoms with Crippen molar-refractivity contribution >= 4 is 24.2 Å². The van der Waals surface area contributed by atoms with Gasteiger partial charge in [0.05, 0.1) is 6.26 Å². The second-order valence-electron chi connectivity index (χ2n) is 5.26. The molecule has 3 unspecified atom stereocenters. The number of piperidine rings is 1. The van der Waals surface area contributed by atoms with Crippen molar-refractivity contribution in [3.8, 4) is 0 Å². The lowest BCUT2D eigenvalue weighted by molar-refractivity contribution is -0.123. The lowest BCUT2D eigenvalue weighted by Crippen LogP contribution is -2.54. The highest BCUT2D eigenvalue weighted by Gasteiger charge is 2.25. The topological polar surface area (TPSA) is 83.4 Å². The minimum atomic E-state index is -0.596.